The molecule has 1 saturated carbocycles. The van der Waals surface area contributed by atoms with Gasteiger partial charge in [0.15, 0.2) is 5.13 Å². The van der Waals surface area contributed by atoms with Crippen molar-refractivity contribution < 1.29 is 9.59 Å². The van der Waals surface area contributed by atoms with Gasteiger partial charge in [-0.1, -0.05) is 45.4 Å². The number of nitrogens with zero attached hydrogens (tertiary/aromatic N) is 2. The maximum absolute atomic E-state index is 12.7. The number of nitrogens with one attached hydrogen (secondary N) is 1. The van der Waals surface area contributed by atoms with Gasteiger partial charge in [0.05, 0.1) is 5.69 Å². The van der Waals surface area contributed by atoms with Crippen molar-refractivity contribution in [2.24, 2.45) is 0 Å². The molecular formula is C19H31N3O2S. The quantitative estimate of drug-likeness (QED) is 0.654. The summed E-state index contributed by atoms with van der Waals surface area (Å²) in [5.74, 6) is -0.00435. The largest absolute Gasteiger partial charge is 0.330 e. The van der Waals surface area contributed by atoms with Gasteiger partial charge in [-0.25, -0.2) is 4.98 Å². The lowest BCUT2D eigenvalue weighted by molar-refractivity contribution is -0.137. The maximum Gasteiger partial charge on any atom is 0.245 e. The second-order valence-electron chi connectivity index (χ2n) is 6.97. The van der Waals surface area contributed by atoms with Crippen molar-refractivity contribution in [1.29, 1.82) is 0 Å². The molecule has 1 aromatic heterocycles. The first-order valence-corrected chi connectivity index (χ1v) is 10.5. The van der Waals surface area contributed by atoms with E-state index in [-0.39, 0.29) is 24.4 Å². The van der Waals surface area contributed by atoms with Crippen LogP contribution in [-0.4, -0.2) is 34.3 Å². The first kappa shape index (κ1) is 19.9. The van der Waals surface area contributed by atoms with Crippen molar-refractivity contribution in [3.63, 3.8) is 0 Å². The fourth-order valence-corrected chi connectivity index (χ4v) is 4.09. The minimum atomic E-state index is -0.137. The number of carbonyl (C=O) groups excluding carboxylic acids is 2. The number of anilines is 1. The average Bonchev–Trinajstić information content (AvgIpc) is 3.02. The summed E-state index contributed by atoms with van der Waals surface area (Å²) in [5, 5.41) is 5.36. The van der Waals surface area contributed by atoms with Gasteiger partial charge in [-0.2, -0.15) is 0 Å². The molecule has 2 rings (SSSR count). The van der Waals surface area contributed by atoms with Gasteiger partial charge >= 0.3 is 0 Å². The molecule has 1 aromatic rings. The molecule has 0 radical (unpaired) electrons. The van der Waals surface area contributed by atoms with Crippen molar-refractivity contribution in [2.75, 3.05) is 11.9 Å². The van der Waals surface area contributed by atoms with Crippen LogP contribution in [0.1, 0.15) is 76.8 Å². The highest BCUT2D eigenvalue weighted by molar-refractivity contribution is 7.13. The van der Waals surface area contributed by atoms with Gasteiger partial charge in [0.1, 0.15) is 6.54 Å². The molecule has 1 aliphatic rings. The summed E-state index contributed by atoms with van der Waals surface area (Å²) in [6.45, 7) is 4.22. The van der Waals surface area contributed by atoms with E-state index in [0.29, 0.717) is 11.6 Å². The zero-order valence-corrected chi connectivity index (χ0v) is 16.4. The highest BCUT2D eigenvalue weighted by Crippen LogP contribution is 2.24. The fourth-order valence-electron chi connectivity index (χ4n) is 3.39. The number of amides is 2. The Morgan fingerprint density at radius 3 is 2.64 bits per heavy atom. The number of thiazole rings is 1. The molecule has 25 heavy (non-hydrogen) atoms. The molecule has 0 aromatic carbocycles. The molecule has 1 aliphatic carbocycles. The molecule has 0 saturated heterocycles. The Hall–Kier alpha value is -1.43. The Morgan fingerprint density at radius 1 is 1.24 bits per heavy atom. The molecule has 140 valence electrons. The SMILES string of the molecule is CCCCCCC(=O)N(CC(=O)Nc1nc(C)cs1)C1CCCCC1. The molecule has 0 spiro atoms. The second kappa shape index (κ2) is 10.5. The van der Waals surface area contributed by atoms with E-state index in [1.54, 1.807) is 0 Å². The van der Waals surface area contributed by atoms with E-state index in [4.69, 9.17) is 0 Å². The number of hydrogen-bond acceptors (Lipinski definition) is 4. The van der Waals surface area contributed by atoms with Crippen LogP contribution in [0.3, 0.4) is 0 Å². The van der Waals surface area contributed by atoms with E-state index in [1.807, 2.05) is 17.2 Å². The van der Waals surface area contributed by atoms with Crippen molar-refractivity contribution in [1.82, 2.24) is 9.88 Å². The summed E-state index contributed by atoms with van der Waals surface area (Å²) in [7, 11) is 0. The summed E-state index contributed by atoms with van der Waals surface area (Å²) in [6.07, 6.45) is 10.5. The van der Waals surface area contributed by atoms with Gasteiger partial charge < -0.3 is 10.2 Å². The van der Waals surface area contributed by atoms with Crippen LogP contribution in [0.4, 0.5) is 5.13 Å². The molecule has 1 heterocycles. The number of unbranched alkanes of at least 4 members (excludes halogenated alkanes) is 3. The Kier molecular flexibility index (Phi) is 8.38. The van der Waals surface area contributed by atoms with E-state index in [0.717, 1.165) is 50.6 Å². The Labute approximate surface area is 155 Å². The third-order valence-corrected chi connectivity index (χ3v) is 5.63. The van der Waals surface area contributed by atoms with Crippen LogP contribution in [-0.2, 0) is 9.59 Å². The lowest BCUT2D eigenvalue weighted by atomic mass is 9.93. The van der Waals surface area contributed by atoms with Gasteiger partial charge in [0, 0.05) is 17.8 Å². The molecule has 0 unspecified atom stereocenters. The number of aromatic nitrogens is 1. The Balaban J connectivity index is 1.92. The van der Waals surface area contributed by atoms with E-state index < -0.39 is 0 Å². The summed E-state index contributed by atoms with van der Waals surface area (Å²) in [4.78, 5) is 31.3. The van der Waals surface area contributed by atoms with Crippen molar-refractivity contribution in [3.05, 3.63) is 11.1 Å². The molecule has 5 nitrogen and oxygen atoms in total. The summed E-state index contributed by atoms with van der Waals surface area (Å²) in [5.41, 5.74) is 0.899. The number of carbonyl (C=O) groups is 2. The fraction of sp³-hybridized carbons (Fsp3) is 0.737. The molecule has 1 N–H and O–H groups in total. The summed E-state index contributed by atoms with van der Waals surface area (Å²) in [6, 6.07) is 0.219. The zero-order chi connectivity index (χ0) is 18.1. The first-order chi connectivity index (χ1) is 12.1. The number of rotatable bonds is 9. The van der Waals surface area contributed by atoms with E-state index in [1.165, 1.54) is 24.2 Å². The Morgan fingerprint density at radius 2 is 2.00 bits per heavy atom. The highest BCUT2D eigenvalue weighted by Gasteiger charge is 2.27. The second-order valence-corrected chi connectivity index (χ2v) is 7.82. The summed E-state index contributed by atoms with van der Waals surface area (Å²) < 4.78 is 0. The molecule has 0 aliphatic heterocycles. The standard InChI is InChI=1S/C19H31N3O2S/c1-3-4-5-9-12-18(24)22(16-10-7-6-8-11-16)13-17(23)21-19-20-15(2)14-25-19/h14,16H,3-13H2,1-2H3,(H,20,21,23). The smallest absolute Gasteiger partial charge is 0.245 e. The van der Waals surface area contributed by atoms with E-state index >= 15 is 0 Å². The minimum Gasteiger partial charge on any atom is -0.330 e. The van der Waals surface area contributed by atoms with Crippen LogP contribution >= 0.6 is 11.3 Å². The zero-order valence-electron chi connectivity index (χ0n) is 15.6. The van der Waals surface area contributed by atoms with Crippen molar-refractivity contribution >= 4 is 28.3 Å². The van der Waals surface area contributed by atoms with Crippen LogP contribution in [0, 0.1) is 6.92 Å². The Bertz CT molecular complexity index is 553. The lowest BCUT2D eigenvalue weighted by Gasteiger charge is -2.34. The van der Waals surface area contributed by atoms with E-state index in [2.05, 4.69) is 17.2 Å². The predicted octanol–water partition coefficient (Wildman–Crippen LogP) is 4.52. The normalized spacial score (nSPS) is 15.1. The van der Waals surface area contributed by atoms with Crippen LogP contribution in [0.5, 0.6) is 0 Å². The van der Waals surface area contributed by atoms with Crippen LogP contribution in [0.2, 0.25) is 0 Å². The summed E-state index contributed by atoms with van der Waals surface area (Å²) >= 11 is 1.42. The van der Waals surface area contributed by atoms with Gasteiger partial charge in [-0.15, -0.1) is 11.3 Å². The molecule has 6 heteroatoms. The molecule has 0 atom stereocenters. The van der Waals surface area contributed by atoms with Gasteiger partial charge in [0.25, 0.3) is 0 Å². The van der Waals surface area contributed by atoms with Crippen LogP contribution < -0.4 is 5.32 Å². The molecule has 0 bridgehead atoms. The molecule has 1 fully saturated rings. The lowest BCUT2D eigenvalue weighted by Crippen LogP contribution is -2.45. The third kappa shape index (κ3) is 6.77. The van der Waals surface area contributed by atoms with Gasteiger partial charge in [0.2, 0.25) is 11.8 Å². The molecule has 2 amide bonds. The van der Waals surface area contributed by atoms with Crippen LogP contribution in [0.25, 0.3) is 0 Å². The monoisotopic (exact) mass is 365 g/mol. The van der Waals surface area contributed by atoms with Crippen LogP contribution in [0.15, 0.2) is 5.38 Å². The maximum atomic E-state index is 12.7. The first-order valence-electron chi connectivity index (χ1n) is 9.61. The number of aryl methyl sites for hydroxylation is 1. The third-order valence-electron chi connectivity index (χ3n) is 4.76. The minimum absolute atomic E-state index is 0.133. The highest BCUT2D eigenvalue weighted by atomic mass is 32.1. The van der Waals surface area contributed by atoms with Gasteiger partial charge in [-0.3, -0.25) is 9.59 Å². The van der Waals surface area contributed by atoms with Crippen molar-refractivity contribution in [2.45, 2.75) is 84.1 Å². The predicted molar refractivity (Wildman–Crippen MR) is 103 cm³/mol. The average molecular weight is 366 g/mol. The van der Waals surface area contributed by atoms with E-state index in [9.17, 15) is 9.59 Å². The molecular weight excluding hydrogens is 334 g/mol. The topological polar surface area (TPSA) is 62.3 Å². The number of hydrogen-bond donors (Lipinski definition) is 1. The van der Waals surface area contributed by atoms with Gasteiger partial charge in [-0.05, 0) is 26.2 Å². The van der Waals surface area contributed by atoms with Crippen molar-refractivity contribution in [3.8, 4) is 0 Å².